The zero-order valence-electron chi connectivity index (χ0n) is 8.80. The minimum absolute atomic E-state index is 0.00510. The van der Waals surface area contributed by atoms with Crippen molar-refractivity contribution in [1.29, 1.82) is 0 Å². The van der Waals surface area contributed by atoms with E-state index in [0.29, 0.717) is 16.6 Å². The van der Waals surface area contributed by atoms with E-state index >= 15 is 0 Å². The second kappa shape index (κ2) is 5.16. The summed E-state index contributed by atoms with van der Waals surface area (Å²) in [5.74, 6) is 0.206. The van der Waals surface area contributed by atoms with E-state index in [4.69, 9.17) is 0 Å². The third-order valence-electron chi connectivity index (χ3n) is 2.01. The van der Waals surface area contributed by atoms with Gasteiger partial charge in [-0.05, 0) is 47.0 Å². The Morgan fingerprint density at radius 1 is 1.53 bits per heavy atom. The van der Waals surface area contributed by atoms with Crippen molar-refractivity contribution in [2.45, 2.75) is 26.7 Å². The van der Waals surface area contributed by atoms with Crippen LogP contribution >= 0.6 is 15.9 Å². The second-order valence-corrected chi connectivity index (χ2v) is 4.28. The molecule has 0 aromatic heterocycles. The molecule has 1 aromatic carbocycles. The third kappa shape index (κ3) is 3.23. The Kier molecular flexibility index (Phi) is 4.15. The number of aromatic hydroxyl groups is 1. The van der Waals surface area contributed by atoms with Gasteiger partial charge in [-0.1, -0.05) is 6.92 Å². The maximum absolute atomic E-state index is 11.3. The molecule has 4 heteroatoms. The van der Waals surface area contributed by atoms with Gasteiger partial charge in [-0.3, -0.25) is 4.79 Å². The molecular formula is C11H14BrNO2. The molecule has 2 N–H and O–H groups in total. The van der Waals surface area contributed by atoms with E-state index < -0.39 is 0 Å². The monoisotopic (exact) mass is 271 g/mol. The molecule has 0 saturated heterocycles. The summed E-state index contributed by atoms with van der Waals surface area (Å²) in [7, 11) is 0. The Labute approximate surface area is 97.6 Å². The van der Waals surface area contributed by atoms with Gasteiger partial charge in [-0.2, -0.15) is 0 Å². The van der Waals surface area contributed by atoms with Crippen LogP contribution in [-0.4, -0.2) is 11.0 Å². The molecule has 0 aliphatic heterocycles. The number of anilines is 1. The molecule has 0 aliphatic carbocycles. The van der Waals surface area contributed by atoms with Crippen molar-refractivity contribution in [3.8, 4) is 5.75 Å². The number of halogens is 1. The molecule has 0 heterocycles. The van der Waals surface area contributed by atoms with Crippen LogP contribution in [0, 0.1) is 6.92 Å². The van der Waals surface area contributed by atoms with Gasteiger partial charge in [0.1, 0.15) is 5.75 Å². The average Bonchev–Trinajstić information content (AvgIpc) is 2.14. The molecular weight excluding hydrogens is 258 g/mol. The normalized spacial score (nSPS) is 10.1. The summed E-state index contributed by atoms with van der Waals surface area (Å²) >= 11 is 3.22. The lowest BCUT2D eigenvalue weighted by molar-refractivity contribution is -0.116. The first-order valence-corrected chi connectivity index (χ1v) is 5.63. The molecule has 0 radical (unpaired) electrons. The number of amides is 1. The fraction of sp³-hybridized carbons (Fsp3) is 0.364. The predicted molar refractivity (Wildman–Crippen MR) is 64.1 cm³/mol. The van der Waals surface area contributed by atoms with Crippen LogP contribution in [0.1, 0.15) is 25.3 Å². The zero-order valence-corrected chi connectivity index (χ0v) is 10.4. The largest absolute Gasteiger partial charge is 0.506 e. The van der Waals surface area contributed by atoms with Crippen LogP contribution in [0.5, 0.6) is 5.75 Å². The number of hydrogen-bond donors (Lipinski definition) is 2. The molecule has 0 bridgehead atoms. The molecule has 1 amide bonds. The van der Waals surface area contributed by atoms with Crippen LogP contribution in [0.2, 0.25) is 0 Å². The predicted octanol–water partition coefficient (Wildman–Crippen LogP) is 3.20. The molecule has 1 aromatic rings. The van der Waals surface area contributed by atoms with Crippen LogP contribution in [-0.2, 0) is 4.79 Å². The van der Waals surface area contributed by atoms with Gasteiger partial charge < -0.3 is 10.4 Å². The molecule has 15 heavy (non-hydrogen) atoms. The number of nitrogens with one attached hydrogen (secondary N) is 1. The Bertz CT molecular complexity index is 354. The topological polar surface area (TPSA) is 49.3 Å². The van der Waals surface area contributed by atoms with Crippen LogP contribution in [0.15, 0.2) is 16.6 Å². The van der Waals surface area contributed by atoms with Crippen LogP contribution in [0.25, 0.3) is 0 Å². The Balaban J connectivity index is 2.83. The Hall–Kier alpha value is -1.03. The van der Waals surface area contributed by atoms with Gasteiger partial charge >= 0.3 is 0 Å². The van der Waals surface area contributed by atoms with Crippen LogP contribution in [0.3, 0.4) is 0 Å². The number of phenolic OH excluding ortho intramolecular Hbond substituents is 1. The number of rotatable bonds is 3. The fourth-order valence-corrected chi connectivity index (χ4v) is 1.82. The summed E-state index contributed by atoms with van der Waals surface area (Å²) < 4.78 is 0.592. The van der Waals surface area contributed by atoms with Gasteiger partial charge in [0.2, 0.25) is 5.91 Å². The van der Waals surface area contributed by atoms with Crippen molar-refractivity contribution < 1.29 is 9.90 Å². The molecule has 82 valence electrons. The minimum Gasteiger partial charge on any atom is -0.506 e. The molecule has 0 atom stereocenters. The van der Waals surface area contributed by atoms with Gasteiger partial charge in [0.25, 0.3) is 0 Å². The molecule has 1 rings (SSSR count). The summed E-state index contributed by atoms with van der Waals surface area (Å²) in [6, 6.07) is 3.43. The first kappa shape index (κ1) is 12.0. The fourth-order valence-electron chi connectivity index (χ4n) is 1.26. The lowest BCUT2D eigenvalue weighted by Crippen LogP contribution is -2.10. The minimum atomic E-state index is -0.00510. The quantitative estimate of drug-likeness (QED) is 0.830. The Morgan fingerprint density at radius 3 is 2.73 bits per heavy atom. The summed E-state index contributed by atoms with van der Waals surface area (Å²) in [5.41, 5.74) is 1.44. The van der Waals surface area contributed by atoms with E-state index in [-0.39, 0.29) is 11.7 Å². The smallest absolute Gasteiger partial charge is 0.224 e. The summed E-state index contributed by atoms with van der Waals surface area (Å²) in [6.45, 7) is 3.74. The lowest BCUT2D eigenvalue weighted by Gasteiger charge is -2.08. The molecule has 0 saturated carbocycles. The van der Waals surface area contributed by atoms with E-state index in [1.165, 1.54) is 0 Å². The van der Waals surface area contributed by atoms with E-state index in [1.54, 1.807) is 19.1 Å². The van der Waals surface area contributed by atoms with Crippen LogP contribution in [0.4, 0.5) is 5.69 Å². The van der Waals surface area contributed by atoms with E-state index in [2.05, 4.69) is 21.2 Å². The van der Waals surface area contributed by atoms with E-state index in [0.717, 1.165) is 12.0 Å². The van der Waals surface area contributed by atoms with Crippen molar-refractivity contribution in [2.75, 3.05) is 5.32 Å². The highest BCUT2D eigenvalue weighted by atomic mass is 79.9. The first-order chi connectivity index (χ1) is 7.04. The Morgan fingerprint density at radius 2 is 2.20 bits per heavy atom. The van der Waals surface area contributed by atoms with Gasteiger partial charge in [0.05, 0.1) is 4.47 Å². The van der Waals surface area contributed by atoms with Gasteiger partial charge in [-0.15, -0.1) is 0 Å². The molecule has 0 aliphatic rings. The van der Waals surface area contributed by atoms with Gasteiger partial charge in [0.15, 0.2) is 0 Å². The summed E-state index contributed by atoms with van der Waals surface area (Å²) in [6.07, 6.45) is 1.33. The highest BCUT2D eigenvalue weighted by Gasteiger charge is 2.06. The maximum Gasteiger partial charge on any atom is 0.224 e. The lowest BCUT2D eigenvalue weighted by atomic mass is 10.2. The molecule has 3 nitrogen and oxygen atoms in total. The number of carbonyl (C=O) groups is 1. The molecule has 0 fully saturated rings. The molecule has 0 spiro atoms. The van der Waals surface area contributed by atoms with Gasteiger partial charge in [-0.25, -0.2) is 0 Å². The van der Waals surface area contributed by atoms with Crippen molar-refractivity contribution in [2.24, 2.45) is 0 Å². The SMILES string of the molecule is CCCC(=O)Nc1cc(C)c(O)c(Br)c1. The number of benzene rings is 1. The number of hydrogen-bond acceptors (Lipinski definition) is 2. The van der Waals surface area contributed by atoms with Crippen molar-refractivity contribution in [3.63, 3.8) is 0 Å². The number of carbonyl (C=O) groups excluding carboxylic acids is 1. The van der Waals surface area contributed by atoms with Crippen molar-refractivity contribution in [1.82, 2.24) is 0 Å². The second-order valence-electron chi connectivity index (χ2n) is 3.42. The first-order valence-electron chi connectivity index (χ1n) is 4.83. The van der Waals surface area contributed by atoms with Crippen molar-refractivity contribution in [3.05, 3.63) is 22.2 Å². The summed E-state index contributed by atoms with van der Waals surface area (Å²) in [5, 5.41) is 12.3. The number of aryl methyl sites for hydroxylation is 1. The highest BCUT2D eigenvalue weighted by Crippen LogP contribution is 2.30. The number of phenols is 1. The van der Waals surface area contributed by atoms with Crippen LogP contribution < -0.4 is 5.32 Å². The maximum atomic E-state index is 11.3. The summed E-state index contributed by atoms with van der Waals surface area (Å²) in [4.78, 5) is 11.3. The van der Waals surface area contributed by atoms with Crippen molar-refractivity contribution >= 4 is 27.5 Å². The highest BCUT2D eigenvalue weighted by molar-refractivity contribution is 9.10. The van der Waals surface area contributed by atoms with Gasteiger partial charge in [0, 0.05) is 12.1 Å². The molecule has 0 unspecified atom stereocenters. The van der Waals surface area contributed by atoms with E-state index in [1.807, 2.05) is 6.92 Å². The average molecular weight is 272 g/mol. The standard InChI is InChI=1S/C11H14BrNO2/c1-3-4-10(14)13-8-5-7(2)11(15)9(12)6-8/h5-6,15H,3-4H2,1-2H3,(H,13,14). The zero-order chi connectivity index (χ0) is 11.4. The van der Waals surface area contributed by atoms with E-state index in [9.17, 15) is 9.90 Å². The third-order valence-corrected chi connectivity index (χ3v) is 2.62.